The minimum absolute atomic E-state index is 0.0399. The van der Waals surface area contributed by atoms with E-state index in [9.17, 15) is 9.59 Å². The van der Waals surface area contributed by atoms with Crippen molar-refractivity contribution in [2.45, 2.75) is 26.0 Å². The number of halogens is 1. The molecule has 92 valence electrons. The molecule has 1 unspecified atom stereocenters. The molecule has 2 N–H and O–H groups in total. The van der Waals surface area contributed by atoms with Gasteiger partial charge in [-0.2, -0.15) is 0 Å². The molecule has 0 heterocycles. The summed E-state index contributed by atoms with van der Waals surface area (Å²) < 4.78 is 4.84. The fourth-order valence-electron chi connectivity index (χ4n) is 1.14. The Labute approximate surface area is 105 Å². The molecule has 0 radical (unpaired) electrons. The number of carbonyl (C=O) groups excluding carboxylic acids is 2. The second kappa shape index (κ2) is 6.37. The van der Waals surface area contributed by atoms with Crippen LogP contribution >= 0.6 is 11.6 Å². The molecule has 4 nitrogen and oxygen atoms in total. The Kier molecular flexibility index (Phi) is 5.12. The van der Waals surface area contributed by atoms with Gasteiger partial charge >= 0.3 is 5.97 Å². The first-order valence-corrected chi connectivity index (χ1v) is 5.63. The summed E-state index contributed by atoms with van der Waals surface area (Å²) in [5, 5.41) is 0.601. The SMILES string of the molecule is CCC(N)C(=O)C(=O)OCc1ccc(Cl)cc1. The topological polar surface area (TPSA) is 69.4 Å². The zero-order chi connectivity index (χ0) is 12.8. The van der Waals surface area contributed by atoms with Crippen molar-refractivity contribution in [2.24, 2.45) is 5.73 Å². The minimum Gasteiger partial charge on any atom is -0.455 e. The number of esters is 1. The van der Waals surface area contributed by atoms with Crippen LogP contribution in [0.15, 0.2) is 24.3 Å². The highest BCUT2D eigenvalue weighted by Gasteiger charge is 2.21. The largest absolute Gasteiger partial charge is 0.455 e. The third-order valence-electron chi connectivity index (χ3n) is 2.26. The second-order valence-electron chi connectivity index (χ2n) is 3.58. The van der Waals surface area contributed by atoms with Crippen LogP contribution in [-0.4, -0.2) is 17.8 Å². The Morgan fingerprint density at radius 3 is 2.47 bits per heavy atom. The van der Waals surface area contributed by atoms with Crippen LogP contribution in [0.1, 0.15) is 18.9 Å². The highest BCUT2D eigenvalue weighted by molar-refractivity contribution is 6.35. The molecule has 0 spiro atoms. The van der Waals surface area contributed by atoms with Gasteiger partial charge in [0.2, 0.25) is 0 Å². The fraction of sp³-hybridized carbons (Fsp3) is 0.333. The van der Waals surface area contributed by atoms with Gasteiger partial charge in [-0.3, -0.25) is 4.79 Å². The van der Waals surface area contributed by atoms with Gasteiger partial charge < -0.3 is 10.5 Å². The summed E-state index contributed by atoms with van der Waals surface area (Å²) in [4.78, 5) is 22.6. The van der Waals surface area contributed by atoms with E-state index in [1.807, 2.05) is 0 Å². The van der Waals surface area contributed by atoms with Gasteiger partial charge in [0.1, 0.15) is 6.61 Å². The third-order valence-corrected chi connectivity index (χ3v) is 2.51. The first-order chi connectivity index (χ1) is 8.04. The monoisotopic (exact) mass is 255 g/mol. The number of Topliss-reactive ketones (excluding diaryl/α,β-unsaturated/α-hetero) is 1. The van der Waals surface area contributed by atoms with Crippen LogP contribution in [0.25, 0.3) is 0 Å². The van der Waals surface area contributed by atoms with E-state index in [1.54, 1.807) is 31.2 Å². The number of hydrogen-bond acceptors (Lipinski definition) is 4. The highest BCUT2D eigenvalue weighted by atomic mass is 35.5. The van der Waals surface area contributed by atoms with Crippen molar-refractivity contribution < 1.29 is 14.3 Å². The Hall–Kier alpha value is -1.39. The average molecular weight is 256 g/mol. The van der Waals surface area contributed by atoms with E-state index in [0.29, 0.717) is 11.4 Å². The molecular formula is C12H14ClNO3. The van der Waals surface area contributed by atoms with Gasteiger partial charge in [-0.15, -0.1) is 0 Å². The molecule has 1 aromatic rings. The molecule has 5 heteroatoms. The van der Waals surface area contributed by atoms with Crippen LogP contribution < -0.4 is 5.73 Å². The van der Waals surface area contributed by atoms with E-state index in [4.69, 9.17) is 22.1 Å². The van der Waals surface area contributed by atoms with E-state index in [2.05, 4.69) is 0 Å². The van der Waals surface area contributed by atoms with Crippen LogP contribution in [0.3, 0.4) is 0 Å². The summed E-state index contributed by atoms with van der Waals surface area (Å²) in [6.07, 6.45) is 0.412. The van der Waals surface area contributed by atoms with Gasteiger partial charge in [-0.05, 0) is 24.1 Å². The van der Waals surface area contributed by atoms with Gasteiger partial charge in [-0.25, -0.2) is 4.79 Å². The zero-order valence-corrected chi connectivity index (χ0v) is 10.2. The maximum atomic E-state index is 11.3. The first kappa shape index (κ1) is 13.7. The molecule has 0 aromatic heterocycles. The number of carbonyl (C=O) groups is 2. The summed E-state index contributed by atoms with van der Waals surface area (Å²) in [5.41, 5.74) is 6.20. The number of benzene rings is 1. The maximum Gasteiger partial charge on any atom is 0.376 e. The summed E-state index contributed by atoms with van der Waals surface area (Å²) >= 11 is 5.71. The van der Waals surface area contributed by atoms with E-state index in [0.717, 1.165) is 5.56 Å². The van der Waals surface area contributed by atoms with Crippen molar-refractivity contribution in [2.75, 3.05) is 0 Å². The molecule has 1 rings (SSSR count). The molecule has 0 aliphatic heterocycles. The molecule has 0 amide bonds. The lowest BCUT2D eigenvalue weighted by atomic mass is 10.1. The number of nitrogens with two attached hydrogens (primary N) is 1. The second-order valence-corrected chi connectivity index (χ2v) is 4.02. The molecule has 17 heavy (non-hydrogen) atoms. The predicted molar refractivity (Wildman–Crippen MR) is 64.5 cm³/mol. The Morgan fingerprint density at radius 2 is 1.94 bits per heavy atom. The number of ether oxygens (including phenoxy) is 1. The lowest BCUT2D eigenvalue weighted by Gasteiger charge is -2.07. The minimum atomic E-state index is -0.894. The van der Waals surface area contributed by atoms with Gasteiger partial charge in [0.25, 0.3) is 5.78 Å². The summed E-state index contributed by atoms with van der Waals surface area (Å²) in [6, 6.07) is 6.03. The molecule has 0 saturated heterocycles. The van der Waals surface area contributed by atoms with E-state index < -0.39 is 17.8 Å². The molecule has 0 fully saturated rings. The fourth-order valence-corrected chi connectivity index (χ4v) is 1.26. The van der Waals surface area contributed by atoms with E-state index >= 15 is 0 Å². The number of rotatable bonds is 5. The molecule has 0 bridgehead atoms. The summed E-state index contributed by atoms with van der Waals surface area (Å²) in [5.74, 6) is -1.59. The summed E-state index contributed by atoms with van der Waals surface area (Å²) in [6.45, 7) is 1.77. The van der Waals surface area contributed by atoms with Crippen LogP contribution in [0.2, 0.25) is 5.02 Å². The normalized spacial score (nSPS) is 11.9. The Balaban J connectivity index is 2.48. The highest BCUT2D eigenvalue weighted by Crippen LogP contribution is 2.10. The van der Waals surface area contributed by atoms with Crippen molar-refractivity contribution >= 4 is 23.4 Å². The molecular weight excluding hydrogens is 242 g/mol. The standard InChI is InChI=1S/C12H14ClNO3/c1-2-10(14)11(15)12(16)17-7-8-3-5-9(13)6-4-8/h3-6,10H,2,7,14H2,1H3. The summed E-state index contributed by atoms with van der Waals surface area (Å²) in [7, 11) is 0. The van der Waals surface area contributed by atoms with Crippen LogP contribution in [0.5, 0.6) is 0 Å². The first-order valence-electron chi connectivity index (χ1n) is 5.25. The van der Waals surface area contributed by atoms with E-state index in [-0.39, 0.29) is 6.61 Å². The lowest BCUT2D eigenvalue weighted by molar-refractivity contribution is -0.155. The van der Waals surface area contributed by atoms with Gasteiger partial charge in [-0.1, -0.05) is 30.7 Å². The van der Waals surface area contributed by atoms with Crippen molar-refractivity contribution in [3.05, 3.63) is 34.9 Å². The van der Waals surface area contributed by atoms with Gasteiger partial charge in [0.05, 0.1) is 6.04 Å². The molecule has 0 saturated carbocycles. The van der Waals surface area contributed by atoms with Crippen LogP contribution in [-0.2, 0) is 20.9 Å². The molecule has 1 aromatic carbocycles. The Bertz CT molecular complexity index is 403. The maximum absolute atomic E-state index is 11.3. The smallest absolute Gasteiger partial charge is 0.376 e. The third kappa shape index (κ3) is 4.17. The van der Waals surface area contributed by atoms with Crippen molar-refractivity contribution in [3.63, 3.8) is 0 Å². The van der Waals surface area contributed by atoms with Crippen molar-refractivity contribution in [3.8, 4) is 0 Å². The van der Waals surface area contributed by atoms with Crippen LogP contribution in [0, 0.1) is 0 Å². The molecule has 0 aliphatic rings. The van der Waals surface area contributed by atoms with E-state index in [1.165, 1.54) is 0 Å². The molecule has 0 aliphatic carbocycles. The zero-order valence-electron chi connectivity index (χ0n) is 9.48. The average Bonchev–Trinajstić information content (AvgIpc) is 2.35. The number of hydrogen-bond donors (Lipinski definition) is 1. The van der Waals surface area contributed by atoms with Crippen molar-refractivity contribution in [1.82, 2.24) is 0 Å². The van der Waals surface area contributed by atoms with Gasteiger partial charge in [0.15, 0.2) is 0 Å². The lowest BCUT2D eigenvalue weighted by Crippen LogP contribution is -2.36. The Morgan fingerprint density at radius 1 is 1.35 bits per heavy atom. The quantitative estimate of drug-likeness (QED) is 0.642. The predicted octanol–water partition coefficient (Wildman–Crippen LogP) is 1.69. The molecule has 1 atom stereocenters. The van der Waals surface area contributed by atoms with Crippen LogP contribution in [0.4, 0.5) is 0 Å². The van der Waals surface area contributed by atoms with Gasteiger partial charge in [0, 0.05) is 5.02 Å². The van der Waals surface area contributed by atoms with Crippen molar-refractivity contribution in [1.29, 1.82) is 0 Å². The number of ketones is 1.